The number of halogens is 2. The summed E-state index contributed by atoms with van der Waals surface area (Å²) < 4.78 is 32.7. The predicted octanol–water partition coefficient (Wildman–Crippen LogP) is 3.32. The molecule has 22 heavy (non-hydrogen) atoms. The van der Waals surface area contributed by atoms with Gasteiger partial charge < -0.3 is 9.64 Å². The van der Waals surface area contributed by atoms with Gasteiger partial charge in [0.25, 0.3) is 5.91 Å². The second kappa shape index (κ2) is 6.13. The van der Waals surface area contributed by atoms with Gasteiger partial charge in [0.15, 0.2) is 18.2 Å². The Morgan fingerprint density at radius 2 is 1.86 bits per heavy atom. The minimum Gasteiger partial charge on any atom is -0.481 e. The van der Waals surface area contributed by atoms with Crippen molar-refractivity contribution < 1.29 is 18.3 Å². The van der Waals surface area contributed by atoms with E-state index in [0.717, 1.165) is 18.4 Å². The Balaban J connectivity index is 1.76. The maximum absolute atomic E-state index is 14.0. The van der Waals surface area contributed by atoms with E-state index in [1.165, 1.54) is 23.1 Å². The van der Waals surface area contributed by atoms with Gasteiger partial charge in [-0.15, -0.1) is 0 Å². The zero-order valence-corrected chi connectivity index (χ0v) is 11.9. The van der Waals surface area contributed by atoms with Crippen molar-refractivity contribution in [3.8, 4) is 5.75 Å². The molecule has 0 unspecified atom stereocenters. The molecule has 114 valence electrons. The number of aryl methyl sites for hydroxylation is 1. The summed E-state index contributed by atoms with van der Waals surface area (Å²) in [5.41, 5.74) is 1.13. The third-order valence-electron chi connectivity index (χ3n) is 3.66. The van der Waals surface area contributed by atoms with Gasteiger partial charge in [-0.2, -0.15) is 0 Å². The number of rotatable bonds is 3. The Kier molecular flexibility index (Phi) is 4.04. The number of hydrogen-bond acceptors (Lipinski definition) is 2. The molecular weight excluding hydrogens is 288 g/mol. The van der Waals surface area contributed by atoms with E-state index >= 15 is 0 Å². The van der Waals surface area contributed by atoms with Gasteiger partial charge in [0.1, 0.15) is 5.82 Å². The van der Waals surface area contributed by atoms with E-state index in [9.17, 15) is 13.6 Å². The second-order valence-corrected chi connectivity index (χ2v) is 5.12. The summed E-state index contributed by atoms with van der Waals surface area (Å²) in [5, 5.41) is 0. The first kappa shape index (κ1) is 14.5. The van der Waals surface area contributed by atoms with Gasteiger partial charge >= 0.3 is 0 Å². The number of carbonyl (C=O) groups excluding carboxylic acids is 1. The molecule has 2 aromatic rings. The van der Waals surface area contributed by atoms with E-state index in [-0.39, 0.29) is 18.3 Å². The average Bonchev–Trinajstić information content (AvgIpc) is 2.53. The molecule has 5 heteroatoms. The first-order chi connectivity index (χ1) is 10.7. The van der Waals surface area contributed by atoms with Crippen molar-refractivity contribution in [2.75, 3.05) is 18.1 Å². The van der Waals surface area contributed by atoms with Crippen molar-refractivity contribution in [3.05, 3.63) is 59.7 Å². The number of para-hydroxylation sites is 2. The molecule has 0 aliphatic carbocycles. The smallest absolute Gasteiger partial charge is 0.265 e. The molecule has 0 atom stereocenters. The van der Waals surface area contributed by atoms with E-state index in [1.54, 1.807) is 18.2 Å². The van der Waals surface area contributed by atoms with Crippen LogP contribution in [0.5, 0.6) is 5.75 Å². The van der Waals surface area contributed by atoms with E-state index < -0.39 is 11.6 Å². The van der Waals surface area contributed by atoms with Gasteiger partial charge in [-0.25, -0.2) is 8.78 Å². The lowest BCUT2D eigenvalue weighted by Gasteiger charge is -2.29. The van der Waals surface area contributed by atoms with Crippen LogP contribution in [0.25, 0.3) is 0 Å². The normalized spacial score (nSPS) is 13.6. The van der Waals surface area contributed by atoms with Crippen LogP contribution in [0.1, 0.15) is 12.0 Å². The molecule has 2 aromatic carbocycles. The summed E-state index contributed by atoms with van der Waals surface area (Å²) in [7, 11) is 0. The molecule has 0 spiro atoms. The molecule has 0 fully saturated rings. The number of hydrogen-bond donors (Lipinski definition) is 0. The lowest BCUT2D eigenvalue weighted by atomic mass is 10.0. The number of ether oxygens (including phenoxy) is 1. The fourth-order valence-corrected chi connectivity index (χ4v) is 2.63. The van der Waals surface area contributed by atoms with Crippen molar-refractivity contribution in [3.63, 3.8) is 0 Å². The predicted molar refractivity (Wildman–Crippen MR) is 79.0 cm³/mol. The third kappa shape index (κ3) is 2.79. The molecule has 3 rings (SSSR count). The number of benzene rings is 2. The van der Waals surface area contributed by atoms with Gasteiger partial charge in [0.2, 0.25) is 0 Å². The first-order valence-corrected chi connectivity index (χ1v) is 7.12. The molecule has 1 aliphatic rings. The van der Waals surface area contributed by atoms with Gasteiger partial charge in [0, 0.05) is 6.54 Å². The Morgan fingerprint density at radius 1 is 1.09 bits per heavy atom. The summed E-state index contributed by atoms with van der Waals surface area (Å²) in [4.78, 5) is 13.7. The summed E-state index contributed by atoms with van der Waals surface area (Å²) in [6.07, 6.45) is 1.51. The SMILES string of the molecule is O=C(COc1ccccc1F)N1CCCc2cccc(F)c21. The number of anilines is 1. The van der Waals surface area contributed by atoms with Gasteiger partial charge in [0.05, 0.1) is 5.69 Å². The van der Waals surface area contributed by atoms with Crippen molar-refractivity contribution in [1.82, 2.24) is 0 Å². The van der Waals surface area contributed by atoms with Crippen molar-refractivity contribution in [1.29, 1.82) is 0 Å². The maximum atomic E-state index is 14.0. The van der Waals surface area contributed by atoms with Crippen LogP contribution in [0.3, 0.4) is 0 Å². The Labute approximate surface area is 127 Å². The van der Waals surface area contributed by atoms with Crippen LogP contribution in [-0.2, 0) is 11.2 Å². The number of amides is 1. The molecule has 0 radical (unpaired) electrons. The highest BCUT2D eigenvalue weighted by Gasteiger charge is 2.25. The van der Waals surface area contributed by atoms with Crippen LogP contribution < -0.4 is 9.64 Å². The molecular formula is C17H15F2NO2. The van der Waals surface area contributed by atoms with Crippen LogP contribution in [0, 0.1) is 11.6 Å². The second-order valence-electron chi connectivity index (χ2n) is 5.12. The lowest BCUT2D eigenvalue weighted by Crippen LogP contribution is -2.39. The number of fused-ring (bicyclic) bond motifs is 1. The zero-order valence-electron chi connectivity index (χ0n) is 11.9. The highest BCUT2D eigenvalue weighted by molar-refractivity contribution is 5.95. The lowest BCUT2D eigenvalue weighted by molar-refractivity contribution is -0.120. The highest BCUT2D eigenvalue weighted by atomic mass is 19.1. The molecule has 0 bridgehead atoms. The minimum atomic E-state index is -0.527. The Hall–Kier alpha value is -2.43. The minimum absolute atomic E-state index is 0.0154. The molecule has 0 saturated carbocycles. The van der Waals surface area contributed by atoms with Crippen LogP contribution in [-0.4, -0.2) is 19.1 Å². The number of nitrogens with zero attached hydrogens (tertiary/aromatic N) is 1. The summed E-state index contributed by atoms with van der Waals surface area (Å²) in [6, 6.07) is 10.7. The van der Waals surface area contributed by atoms with Crippen molar-refractivity contribution >= 4 is 11.6 Å². The monoisotopic (exact) mass is 303 g/mol. The maximum Gasteiger partial charge on any atom is 0.265 e. The molecule has 1 amide bonds. The average molecular weight is 303 g/mol. The standard InChI is InChI=1S/C17H15F2NO2/c18-13-7-1-2-9-15(13)22-11-16(21)20-10-4-6-12-5-3-8-14(19)17(12)20/h1-3,5,7-9H,4,6,10-11H2. The van der Waals surface area contributed by atoms with E-state index in [0.29, 0.717) is 12.2 Å². The fraction of sp³-hybridized carbons (Fsp3) is 0.235. The summed E-state index contributed by atoms with van der Waals surface area (Å²) in [6.45, 7) is 0.113. The molecule has 1 heterocycles. The van der Waals surface area contributed by atoms with Gasteiger partial charge in [-0.05, 0) is 36.6 Å². The summed E-state index contributed by atoms with van der Waals surface area (Å²) in [5.74, 6) is -1.31. The Bertz CT molecular complexity index is 703. The highest BCUT2D eigenvalue weighted by Crippen LogP contribution is 2.30. The molecule has 3 nitrogen and oxygen atoms in total. The van der Waals surface area contributed by atoms with Gasteiger partial charge in [-0.3, -0.25) is 4.79 Å². The van der Waals surface area contributed by atoms with Crippen molar-refractivity contribution in [2.45, 2.75) is 12.8 Å². The van der Waals surface area contributed by atoms with Crippen LogP contribution in [0.2, 0.25) is 0 Å². The molecule has 0 N–H and O–H groups in total. The van der Waals surface area contributed by atoms with Crippen LogP contribution in [0.4, 0.5) is 14.5 Å². The van der Waals surface area contributed by atoms with E-state index in [4.69, 9.17) is 4.74 Å². The van der Waals surface area contributed by atoms with Gasteiger partial charge in [-0.1, -0.05) is 24.3 Å². The zero-order chi connectivity index (χ0) is 15.5. The largest absolute Gasteiger partial charge is 0.481 e. The summed E-state index contributed by atoms with van der Waals surface area (Å²) >= 11 is 0. The number of carbonyl (C=O) groups is 1. The first-order valence-electron chi connectivity index (χ1n) is 7.12. The molecule has 1 aliphatic heterocycles. The topological polar surface area (TPSA) is 29.5 Å². The van der Waals surface area contributed by atoms with E-state index in [1.807, 2.05) is 6.07 Å². The van der Waals surface area contributed by atoms with Crippen LogP contribution >= 0.6 is 0 Å². The quantitative estimate of drug-likeness (QED) is 0.870. The van der Waals surface area contributed by atoms with Crippen molar-refractivity contribution in [2.24, 2.45) is 0 Å². The van der Waals surface area contributed by atoms with Crippen LogP contribution in [0.15, 0.2) is 42.5 Å². The molecule has 0 saturated heterocycles. The third-order valence-corrected chi connectivity index (χ3v) is 3.66. The Morgan fingerprint density at radius 3 is 2.68 bits per heavy atom. The van der Waals surface area contributed by atoms with E-state index in [2.05, 4.69) is 0 Å². The fourth-order valence-electron chi connectivity index (χ4n) is 2.63. The molecule has 0 aromatic heterocycles.